The van der Waals surface area contributed by atoms with Gasteiger partial charge in [0.05, 0.1) is 0 Å². The molecule has 4 N–H and O–H groups in total. The number of hydrogen-bond donors (Lipinski definition) is 3. The van der Waals surface area contributed by atoms with E-state index >= 15 is 0 Å². The van der Waals surface area contributed by atoms with Crippen LogP contribution in [0.5, 0.6) is 0 Å². The van der Waals surface area contributed by atoms with E-state index in [2.05, 4.69) is 5.32 Å². The van der Waals surface area contributed by atoms with Crippen LogP contribution in [0.15, 0.2) is 60.7 Å². The quantitative estimate of drug-likeness (QED) is 0.723. The molecule has 24 heavy (non-hydrogen) atoms. The standard InChI is InChI=1S/C18H20F2N2O2/c19-18(20,17(24)22-12-14-9-5-2-6-10-14)16(23)15(21)11-13-7-3-1-4-8-13/h1-10,15-16,23H,11-12,21H2,(H,22,24)/t15-,16+/m1/s1. The Morgan fingerprint density at radius 1 is 1.04 bits per heavy atom. The van der Waals surface area contributed by atoms with Gasteiger partial charge < -0.3 is 16.2 Å². The largest absolute Gasteiger partial charge is 0.385 e. The lowest BCUT2D eigenvalue weighted by atomic mass is 9.97. The molecule has 0 spiro atoms. The van der Waals surface area contributed by atoms with Crippen molar-refractivity contribution in [2.24, 2.45) is 5.73 Å². The van der Waals surface area contributed by atoms with E-state index in [1.165, 1.54) is 0 Å². The maximum atomic E-state index is 14.1. The highest BCUT2D eigenvalue weighted by Crippen LogP contribution is 2.22. The number of alkyl halides is 2. The first-order valence-corrected chi connectivity index (χ1v) is 7.59. The van der Waals surface area contributed by atoms with Crippen molar-refractivity contribution in [3.63, 3.8) is 0 Å². The summed E-state index contributed by atoms with van der Waals surface area (Å²) in [7, 11) is 0. The third-order valence-electron chi connectivity index (χ3n) is 3.69. The predicted octanol–water partition coefficient (Wildman–Crippen LogP) is 1.87. The first-order valence-electron chi connectivity index (χ1n) is 7.59. The third kappa shape index (κ3) is 4.59. The van der Waals surface area contributed by atoms with Crippen LogP contribution >= 0.6 is 0 Å². The van der Waals surface area contributed by atoms with Crippen molar-refractivity contribution >= 4 is 5.91 Å². The van der Waals surface area contributed by atoms with Gasteiger partial charge in [0, 0.05) is 12.6 Å². The summed E-state index contributed by atoms with van der Waals surface area (Å²) in [5.74, 6) is -5.51. The van der Waals surface area contributed by atoms with Gasteiger partial charge >= 0.3 is 5.92 Å². The molecule has 0 unspecified atom stereocenters. The van der Waals surface area contributed by atoms with Crippen LogP contribution < -0.4 is 11.1 Å². The minimum atomic E-state index is -3.97. The van der Waals surface area contributed by atoms with Crippen molar-refractivity contribution < 1.29 is 18.7 Å². The summed E-state index contributed by atoms with van der Waals surface area (Å²) < 4.78 is 28.2. The number of aliphatic hydroxyl groups excluding tert-OH is 1. The van der Waals surface area contributed by atoms with Crippen LogP contribution in [-0.2, 0) is 17.8 Å². The normalized spacial score (nSPS) is 14.0. The van der Waals surface area contributed by atoms with Crippen LogP contribution in [-0.4, -0.2) is 29.1 Å². The zero-order valence-corrected chi connectivity index (χ0v) is 13.0. The van der Waals surface area contributed by atoms with E-state index in [0.29, 0.717) is 11.1 Å². The number of hydrogen-bond acceptors (Lipinski definition) is 3. The van der Waals surface area contributed by atoms with Crippen molar-refractivity contribution in [2.75, 3.05) is 0 Å². The molecule has 2 rings (SSSR count). The molecular formula is C18H20F2N2O2. The van der Waals surface area contributed by atoms with Gasteiger partial charge in [0.25, 0.3) is 5.91 Å². The SMILES string of the molecule is N[C@H](Cc1ccccc1)[C@H](O)C(F)(F)C(=O)NCc1ccccc1. The molecule has 0 aliphatic rings. The van der Waals surface area contributed by atoms with E-state index in [1.54, 1.807) is 60.7 Å². The fraction of sp³-hybridized carbons (Fsp3) is 0.278. The molecule has 0 aliphatic heterocycles. The molecule has 0 saturated carbocycles. The molecular weight excluding hydrogens is 314 g/mol. The van der Waals surface area contributed by atoms with E-state index in [4.69, 9.17) is 5.73 Å². The Kier molecular flexibility index (Phi) is 6.00. The maximum Gasteiger partial charge on any atom is 0.351 e. The Morgan fingerprint density at radius 2 is 1.54 bits per heavy atom. The molecule has 0 bridgehead atoms. The smallest absolute Gasteiger partial charge is 0.351 e. The van der Waals surface area contributed by atoms with Gasteiger partial charge in [0.2, 0.25) is 0 Å². The van der Waals surface area contributed by atoms with Gasteiger partial charge in [-0.25, -0.2) is 0 Å². The van der Waals surface area contributed by atoms with Gasteiger partial charge in [0.1, 0.15) is 6.10 Å². The lowest BCUT2D eigenvalue weighted by molar-refractivity contribution is -0.165. The Hall–Kier alpha value is -2.31. The van der Waals surface area contributed by atoms with Crippen LogP contribution in [0.2, 0.25) is 0 Å². The number of carbonyl (C=O) groups excluding carboxylic acids is 1. The summed E-state index contributed by atoms with van der Waals surface area (Å²) in [6, 6.07) is 16.1. The monoisotopic (exact) mass is 334 g/mol. The number of benzene rings is 2. The summed E-state index contributed by atoms with van der Waals surface area (Å²) in [6.07, 6.45) is -2.22. The lowest BCUT2D eigenvalue weighted by Gasteiger charge is -2.26. The molecule has 0 saturated heterocycles. The Bertz CT molecular complexity index is 651. The van der Waals surface area contributed by atoms with Gasteiger partial charge in [-0.1, -0.05) is 60.7 Å². The summed E-state index contributed by atoms with van der Waals surface area (Å²) in [4.78, 5) is 11.8. The number of halogens is 2. The van der Waals surface area contributed by atoms with Crippen molar-refractivity contribution in [3.05, 3.63) is 71.8 Å². The topological polar surface area (TPSA) is 75.3 Å². The predicted molar refractivity (Wildman–Crippen MR) is 87.4 cm³/mol. The molecule has 4 nitrogen and oxygen atoms in total. The van der Waals surface area contributed by atoms with E-state index < -0.39 is 24.0 Å². The number of amides is 1. The second-order valence-corrected chi connectivity index (χ2v) is 5.59. The minimum absolute atomic E-state index is 0.0452. The van der Waals surface area contributed by atoms with Crippen molar-refractivity contribution in [1.29, 1.82) is 0 Å². The molecule has 128 valence electrons. The molecule has 1 amide bonds. The molecule has 6 heteroatoms. The number of rotatable bonds is 7. The Balaban J connectivity index is 1.95. The molecule has 2 atom stereocenters. The van der Waals surface area contributed by atoms with E-state index in [9.17, 15) is 18.7 Å². The average Bonchev–Trinajstić information content (AvgIpc) is 2.60. The summed E-state index contributed by atoms with van der Waals surface area (Å²) in [5.41, 5.74) is 7.07. The highest BCUT2D eigenvalue weighted by atomic mass is 19.3. The van der Waals surface area contributed by atoms with Gasteiger partial charge in [0.15, 0.2) is 0 Å². The first kappa shape index (κ1) is 18.0. The molecule has 2 aromatic carbocycles. The Labute approximate surface area is 139 Å². The number of aliphatic hydroxyl groups is 1. The molecule has 0 aliphatic carbocycles. The minimum Gasteiger partial charge on any atom is -0.385 e. The highest BCUT2D eigenvalue weighted by molar-refractivity contribution is 5.84. The van der Waals surface area contributed by atoms with E-state index in [0.717, 1.165) is 0 Å². The zero-order valence-electron chi connectivity index (χ0n) is 13.0. The molecule has 0 radical (unpaired) electrons. The van der Waals surface area contributed by atoms with E-state index in [1.807, 2.05) is 0 Å². The van der Waals surface area contributed by atoms with Crippen LogP contribution in [0, 0.1) is 0 Å². The number of carbonyl (C=O) groups is 1. The second kappa shape index (κ2) is 7.99. The summed E-state index contributed by atoms with van der Waals surface area (Å²) >= 11 is 0. The van der Waals surface area contributed by atoms with Gasteiger partial charge in [-0.05, 0) is 17.5 Å². The van der Waals surface area contributed by atoms with E-state index in [-0.39, 0.29) is 13.0 Å². The van der Waals surface area contributed by atoms with Gasteiger partial charge in [-0.2, -0.15) is 8.78 Å². The van der Waals surface area contributed by atoms with Gasteiger partial charge in [-0.15, -0.1) is 0 Å². The summed E-state index contributed by atoms with van der Waals surface area (Å²) in [5, 5.41) is 12.0. The molecule has 0 aromatic heterocycles. The van der Waals surface area contributed by atoms with Crippen LogP contribution in [0.25, 0.3) is 0 Å². The zero-order chi connectivity index (χ0) is 17.6. The van der Waals surface area contributed by atoms with Crippen molar-refractivity contribution in [3.8, 4) is 0 Å². The lowest BCUT2D eigenvalue weighted by Crippen LogP contribution is -2.55. The maximum absolute atomic E-state index is 14.1. The van der Waals surface area contributed by atoms with Crippen molar-refractivity contribution in [2.45, 2.75) is 31.0 Å². The third-order valence-corrected chi connectivity index (χ3v) is 3.69. The summed E-state index contributed by atoms with van der Waals surface area (Å²) in [6.45, 7) is -0.0457. The average molecular weight is 334 g/mol. The molecule has 0 heterocycles. The molecule has 0 fully saturated rings. The number of nitrogens with two attached hydrogens (primary N) is 1. The highest BCUT2D eigenvalue weighted by Gasteiger charge is 2.48. The second-order valence-electron chi connectivity index (χ2n) is 5.59. The fourth-order valence-electron chi connectivity index (χ4n) is 2.30. The number of nitrogens with one attached hydrogen (secondary N) is 1. The van der Waals surface area contributed by atoms with Crippen LogP contribution in [0.1, 0.15) is 11.1 Å². The molecule has 2 aromatic rings. The Morgan fingerprint density at radius 3 is 2.08 bits per heavy atom. The van der Waals surface area contributed by atoms with Gasteiger partial charge in [-0.3, -0.25) is 4.79 Å². The van der Waals surface area contributed by atoms with Crippen LogP contribution in [0.3, 0.4) is 0 Å². The fourth-order valence-corrected chi connectivity index (χ4v) is 2.30. The first-order chi connectivity index (χ1) is 11.4. The van der Waals surface area contributed by atoms with Crippen molar-refractivity contribution in [1.82, 2.24) is 5.32 Å². The van der Waals surface area contributed by atoms with Crippen LogP contribution in [0.4, 0.5) is 8.78 Å².